The van der Waals surface area contributed by atoms with Crippen LogP contribution in [0.4, 0.5) is 0 Å². The first-order valence-electron chi connectivity index (χ1n) is 4.49. The highest BCUT2D eigenvalue weighted by atomic mass is 35.5. The maximum Gasteiger partial charge on any atom is 0.137 e. The van der Waals surface area contributed by atoms with Gasteiger partial charge in [-0.25, -0.2) is 0 Å². The first kappa shape index (κ1) is 9.36. The van der Waals surface area contributed by atoms with Gasteiger partial charge in [0, 0.05) is 5.92 Å². The second-order valence-electron chi connectivity index (χ2n) is 3.47. The van der Waals surface area contributed by atoms with Crippen molar-refractivity contribution in [2.75, 3.05) is 7.11 Å². The van der Waals surface area contributed by atoms with Crippen molar-refractivity contribution in [3.05, 3.63) is 28.8 Å². The van der Waals surface area contributed by atoms with Crippen molar-refractivity contribution in [2.45, 2.75) is 12.3 Å². The zero-order valence-corrected chi connectivity index (χ0v) is 8.58. The summed E-state index contributed by atoms with van der Waals surface area (Å²) in [5.41, 5.74) is 1.14. The maximum atomic E-state index is 8.70. The molecule has 0 bridgehead atoms. The van der Waals surface area contributed by atoms with Crippen LogP contribution < -0.4 is 4.74 Å². The summed E-state index contributed by atoms with van der Waals surface area (Å²) in [5.74, 6) is 1.24. The smallest absolute Gasteiger partial charge is 0.137 e. The molecule has 0 radical (unpaired) electrons. The van der Waals surface area contributed by atoms with Crippen LogP contribution in [0.2, 0.25) is 5.02 Å². The highest BCUT2D eigenvalue weighted by molar-refractivity contribution is 6.32. The molecule has 2 unspecified atom stereocenters. The van der Waals surface area contributed by atoms with Crippen LogP contribution in [0.5, 0.6) is 5.75 Å². The first-order chi connectivity index (χ1) is 6.76. The number of halogens is 1. The average Bonchev–Trinajstić information content (AvgIpc) is 2.96. The van der Waals surface area contributed by atoms with Gasteiger partial charge in [0.1, 0.15) is 5.75 Å². The van der Waals surface area contributed by atoms with E-state index in [0.717, 1.165) is 12.0 Å². The number of benzene rings is 1. The Balaban J connectivity index is 2.22. The molecule has 72 valence electrons. The SMILES string of the molecule is COc1ccc(C2CC2C#N)cc1Cl. The van der Waals surface area contributed by atoms with E-state index in [1.807, 2.05) is 18.2 Å². The van der Waals surface area contributed by atoms with E-state index in [2.05, 4.69) is 6.07 Å². The lowest BCUT2D eigenvalue weighted by Crippen LogP contribution is -1.87. The van der Waals surface area contributed by atoms with E-state index in [4.69, 9.17) is 21.6 Å². The van der Waals surface area contributed by atoms with E-state index >= 15 is 0 Å². The summed E-state index contributed by atoms with van der Waals surface area (Å²) in [4.78, 5) is 0. The van der Waals surface area contributed by atoms with Gasteiger partial charge in [-0.05, 0) is 24.1 Å². The second-order valence-corrected chi connectivity index (χ2v) is 3.88. The van der Waals surface area contributed by atoms with Gasteiger partial charge in [-0.2, -0.15) is 5.26 Å². The number of rotatable bonds is 2. The fourth-order valence-corrected chi connectivity index (χ4v) is 1.89. The minimum atomic E-state index is 0.180. The highest BCUT2D eigenvalue weighted by Gasteiger charge is 2.38. The summed E-state index contributed by atoms with van der Waals surface area (Å²) >= 11 is 5.98. The molecule has 1 aliphatic rings. The minimum Gasteiger partial charge on any atom is -0.495 e. The molecule has 0 heterocycles. The molecular formula is C11H10ClNO. The number of ether oxygens (including phenoxy) is 1. The molecular weight excluding hydrogens is 198 g/mol. The third-order valence-corrected chi connectivity index (χ3v) is 2.86. The Bertz CT molecular complexity index is 397. The zero-order chi connectivity index (χ0) is 10.1. The summed E-state index contributed by atoms with van der Waals surface area (Å²) in [6.07, 6.45) is 0.957. The standard InChI is InChI=1S/C11H10ClNO/c1-14-11-3-2-7(5-10(11)12)9-4-8(9)6-13/h2-3,5,8-9H,4H2,1H3. The maximum absolute atomic E-state index is 8.70. The number of methoxy groups -OCH3 is 1. The molecule has 1 aromatic carbocycles. The van der Waals surface area contributed by atoms with E-state index in [1.165, 1.54) is 0 Å². The molecule has 3 heteroatoms. The molecule has 0 N–H and O–H groups in total. The van der Waals surface area contributed by atoms with E-state index in [0.29, 0.717) is 16.7 Å². The van der Waals surface area contributed by atoms with Crippen LogP contribution in [0.1, 0.15) is 17.9 Å². The van der Waals surface area contributed by atoms with Gasteiger partial charge < -0.3 is 4.74 Å². The van der Waals surface area contributed by atoms with Crippen LogP contribution >= 0.6 is 11.6 Å². The molecule has 0 aromatic heterocycles. The van der Waals surface area contributed by atoms with Crippen molar-refractivity contribution in [1.29, 1.82) is 5.26 Å². The Morgan fingerprint density at radius 3 is 2.86 bits per heavy atom. The van der Waals surface area contributed by atoms with E-state index in [1.54, 1.807) is 7.11 Å². The molecule has 1 fully saturated rings. The molecule has 2 rings (SSSR count). The third-order valence-electron chi connectivity index (χ3n) is 2.56. The Labute approximate surface area is 88.1 Å². The lowest BCUT2D eigenvalue weighted by atomic mass is 10.1. The van der Waals surface area contributed by atoms with Crippen LogP contribution in [0.3, 0.4) is 0 Å². The van der Waals surface area contributed by atoms with E-state index in [-0.39, 0.29) is 5.92 Å². The van der Waals surface area contributed by atoms with Crippen molar-refractivity contribution >= 4 is 11.6 Å². The third kappa shape index (κ3) is 1.56. The topological polar surface area (TPSA) is 33.0 Å². The Morgan fingerprint density at radius 1 is 1.57 bits per heavy atom. The quantitative estimate of drug-likeness (QED) is 0.747. The molecule has 2 atom stereocenters. The molecule has 0 amide bonds. The van der Waals surface area contributed by atoms with Crippen LogP contribution in [-0.2, 0) is 0 Å². The molecule has 1 aliphatic carbocycles. The predicted molar refractivity (Wildman–Crippen MR) is 54.5 cm³/mol. The summed E-state index contributed by atoms with van der Waals surface area (Å²) in [5, 5.41) is 9.32. The van der Waals surface area contributed by atoms with Gasteiger partial charge in [-0.3, -0.25) is 0 Å². The van der Waals surface area contributed by atoms with Gasteiger partial charge >= 0.3 is 0 Å². The fraction of sp³-hybridized carbons (Fsp3) is 0.364. The summed E-state index contributed by atoms with van der Waals surface area (Å²) in [6.45, 7) is 0. The molecule has 14 heavy (non-hydrogen) atoms. The average molecular weight is 208 g/mol. The van der Waals surface area contributed by atoms with Gasteiger partial charge in [0.2, 0.25) is 0 Å². The Morgan fingerprint density at radius 2 is 2.36 bits per heavy atom. The van der Waals surface area contributed by atoms with E-state index < -0.39 is 0 Å². The predicted octanol–water partition coefficient (Wildman–Crippen LogP) is 2.98. The summed E-state index contributed by atoms with van der Waals surface area (Å²) in [6, 6.07) is 7.98. The largest absolute Gasteiger partial charge is 0.495 e. The summed E-state index contributed by atoms with van der Waals surface area (Å²) < 4.78 is 5.06. The van der Waals surface area contributed by atoms with Crippen LogP contribution in [0.15, 0.2) is 18.2 Å². The molecule has 0 aliphatic heterocycles. The molecule has 1 saturated carbocycles. The molecule has 1 aromatic rings. The number of nitrogens with zero attached hydrogens (tertiary/aromatic N) is 1. The highest BCUT2D eigenvalue weighted by Crippen LogP contribution is 2.47. The van der Waals surface area contributed by atoms with Crippen molar-refractivity contribution in [2.24, 2.45) is 5.92 Å². The normalized spacial score (nSPS) is 24.1. The Kier molecular flexibility index (Phi) is 2.35. The van der Waals surface area contributed by atoms with Crippen molar-refractivity contribution in [3.8, 4) is 11.8 Å². The Hall–Kier alpha value is -1.20. The summed E-state index contributed by atoms with van der Waals surface area (Å²) in [7, 11) is 1.59. The van der Waals surface area contributed by atoms with E-state index in [9.17, 15) is 0 Å². The lowest BCUT2D eigenvalue weighted by molar-refractivity contribution is 0.415. The molecule has 0 saturated heterocycles. The minimum absolute atomic E-state index is 0.180. The second kappa shape index (κ2) is 3.51. The molecule has 0 spiro atoms. The van der Waals surface area contributed by atoms with Gasteiger partial charge in [0.05, 0.1) is 24.1 Å². The van der Waals surface area contributed by atoms with Crippen molar-refractivity contribution in [3.63, 3.8) is 0 Å². The fourth-order valence-electron chi connectivity index (χ4n) is 1.62. The van der Waals surface area contributed by atoms with Gasteiger partial charge in [0.25, 0.3) is 0 Å². The zero-order valence-electron chi connectivity index (χ0n) is 7.83. The first-order valence-corrected chi connectivity index (χ1v) is 4.87. The van der Waals surface area contributed by atoms with Crippen molar-refractivity contribution in [1.82, 2.24) is 0 Å². The van der Waals surface area contributed by atoms with Gasteiger partial charge in [-0.15, -0.1) is 0 Å². The van der Waals surface area contributed by atoms with Crippen LogP contribution in [0.25, 0.3) is 0 Å². The van der Waals surface area contributed by atoms with Gasteiger partial charge in [0.15, 0.2) is 0 Å². The monoisotopic (exact) mass is 207 g/mol. The van der Waals surface area contributed by atoms with Crippen LogP contribution in [-0.4, -0.2) is 7.11 Å². The number of hydrogen-bond acceptors (Lipinski definition) is 2. The number of hydrogen-bond donors (Lipinski definition) is 0. The number of nitriles is 1. The van der Waals surface area contributed by atoms with Gasteiger partial charge in [-0.1, -0.05) is 17.7 Å². The van der Waals surface area contributed by atoms with Crippen molar-refractivity contribution < 1.29 is 4.74 Å². The lowest BCUT2D eigenvalue weighted by Gasteiger charge is -2.04. The van der Waals surface area contributed by atoms with Crippen LogP contribution in [0, 0.1) is 17.2 Å². The molecule has 2 nitrogen and oxygen atoms in total.